The van der Waals surface area contributed by atoms with Gasteiger partial charge in [-0.15, -0.1) is 11.3 Å². The Kier molecular flexibility index (Phi) is 4.24. The first-order valence-corrected chi connectivity index (χ1v) is 9.20. The first-order chi connectivity index (χ1) is 11.8. The fraction of sp³-hybridized carbons (Fsp3) is 0.444. The Morgan fingerprint density at radius 1 is 1.42 bits per heavy atom. The van der Waals surface area contributed by atoms with E-state index in [1.807, 2.05) is 12.1 Å². The summed E-state index contributed by atoms with van der Waals surface area (Å²) in [4.78, 5) is 20.4. The number of thiophene rings is 1. The van der Waals surface area contributed by atoms with E-state index < -0.39 is 0 Å². The fourth-order valence-electron chi connectivity index (χ4n) is 3.81. The van der Waals surface area contributed by atoms with Crippen molar-refractivity contribution in [3.05, 3.63) is 46.9 Å². The highest BCUT2D eigenvalue weighted by Gasteiger charge is 2.54. The smallest absolute Gasteiger partial charge is 0.228 e. The molecule has 1 spiro atoms. The van der Waals surface area contributed by atoms with Crippen LogP contribution in [0.25, 0.3) is 0 Å². The van der Waals surface area contributed by atoms with Crippen molar-refractivity contribution in [3.63, 3.8) is 0 Å². The molecule has 2 saturated heterocycles. The maximum atomic E-state index is 12.6. The Bertz CT molecular complexity index is 692. The molecule has 24 heavy (non-hydrogen) atoms. The predicted octanol–water partition coefficient (Wildman–Crippen LogP) is 2.16. The number of ether oxygens (including phenoxy) is 1. The molecule has 6 heteroatoms. The Labute approximate surface area is 145 Å². The Morgan fingerprint density at radius 2 is 2.38 bits per heavy atom. The number of amides is 1. The summed E-state index contributed by atoms with van der Waals surface area (Å²) in [7, 11) is 0. The lowest BCUT2D eigenvalue weighted by atomic mass is 9.77. The number of likely N-dealkylation sites (tertiary alicyclic amines) is 1. The first-order valence-electron chi connectivity index (χ1n) is 8.32. The summed E-state index contributed by atoms with van der Waals surface area (Å²) in [6, 6.07) is 8.01. The summed E-state index contributed by atoms with van der Waals surface area (Å²) >= 11 is 1.78. The number of pyridine rings is 1. The molecule has 2 aliphatic heterocycles. The van der Waals surface area contributed by atoms with Gasteiger partial charge in [-0.3, -0.25) is 14.7 Å². The number of nitrogens with zero attached hydrogens (tertiary/aromatic N) is 2. The summed E-state index contributed by atoms with van der Waals surface area (Å²) in [5.74, 6) is 1.16. The van der Waals surface area contributed by atoms with Crippen molar-refractivity contribution in [3.8, 4) is 5.75 Å². The minimum Gasteiger partial charge on any atom is -0.492 e. The van der Waals surface area contributed by atoms with E-state index >= 15 is 0 Å². The van der Waals surface area contributed by atoms with E-state index in [1.54, 1.807) is 23.7 Å². The van der Waals surface area contributed by atoms with Gasteiger partial charge in [-0.25, -0.2) is 0 Å². The third-order valence-corrected chi connectivity index (χ3v) is 6.03. The van der Waals surface area contributed by atoms with Crippen LogP contribution in [-0.2, 0) is 11.3 Å². The largest absolute Gasteiger partial charge is 0.492 e. The molecule has 2 fully saturated rings. The second-order valence-corrected chi connectivity index (χ2v) is 7.64. The molecule has 2 aliphatic rings. The molecule has 0 aromatic carbocycles. The molecule has 0 saturated carbocycles. The summed E-state index contributed by atoms with van der Waals surface area (Å²) in [6.45, 7) is 3.97. The Hall–Kier alpha value is -1.92. The molecule has 1 N–H and O–H groups in total. The molecule has 126 valence electrons. The number of carbonyl (C=O) groups is 1. The number of hydrogen-bond acceptors (Lipinski definition) is 5. The number of aromatic nitrogens is 1. The van der Waals surface area contributed by atoms with Gasteiger partial charge in [-0.1, -0.05) is 6.07 Å². The van der Waals surface area contributed by atoms with Crippen molar-refractivity contribution in [2.24, 2.45) is 11.3 Å². The Balaban J connectivity index is 1.43. The lowest BCUT2D eigenvalue weighted by Gasteiger charge is -2.28. The van der Waals surface area contributed by atoms with Crippen molar-refractivity contribution >= 4 is 17.2 Å². The molecule has 1 amide bonds. The van der Waals surface area contributed by atoms with Gasteiger partial charge in [-0.2, -0.15) is 0 Å². The van der Waals surface area contributed by atoms with Gasteiger partial charge >= 0.3 is 0 Å². The van der Waals surface area contributed by atoms with Gasteiger partial charge in [0.2, 0.25) is 5.91 Å². The first kappa shape index (κ1) is 15.6. The zero-order valence-electron chi connectivity index (χ0n) is 13.5. The quantitative estimate of drug-likeness (QED) is 0.904. The van der Waals surface area contributed by atoms with Crippen LogP contribution in [0.1, 0.15) is 11.3 Å². The van der Waals surface area contributed by atoms with Crippen LogP contribution in [0.5, 0.6) is 5.75 Å². The van der Waals surface area contributed by atoms with Gasteiger partial charge < -0.3 is 10.1 Å². The van der Waals surface area contributed by atoms with Gasteiger partial charge in [-0.05, 0) is 36.5 Å². The molecule has 5 nitrogen and oxygen atoms in total. The van der Waals surface area contributed by atoms with E-state index in [-0.39, 0.29) is 17.2 Å². The van der Waals surface area contributed by atoms with Crippen molar-refractivity contribution in [2.45, 2.75) is 13.0 Å². The standard InChI is InChI=1S/C18H21N3O2S/c22-17-18(5-7-21(13-18)11-16-4-2-8-24-16)14(9-20-17)12-23-15-3-1-6-19-10-15/h1-4,6,8,10,14H,5,7,9,11-13H2,(H,20,22)/t14-,18-/m1/s1. The van der Waals surface area contributed by atoms with Crippen molar-refractivity contribution in [1.29, 1.82) is 0 Å². The minimum absolute atomic E-state index is 0.191. The normalized spacial score (nSPS) is 26.8. The molecule has 2 atom stereocenters. The maximum Gasteiger partial charge on any atom is 0.228 e. The maximum absolute atomic E-state index is 12.6. The monoisotopic (exact) mass is 343 g/mol. The molecule has 2 aromatic rings. The number of hydrogen-bond donors (Lipinski definition) is 1. The van der Waals surface area contributed by atoms with Crippen LogP contribution in [-0.4, -0.2) is 42.0 Å². The molecule has 0 radical (unpaired) electrons. The fourth-order valence-corrected chi connectivity index (χ4v) is 4.56. The third-order valence-electron chi connectivity index (χ3n) is 5.17. The molecule has 0 unspecified atom stereocenters. The Morgan fingerprint density at radius 3 is 3.17 bits per heavy atom. The number of nitrogens with one attached hydrogen (secondary N) is 1. The lowest BCUT2D eigenvalue weighted by molar-refractivity contribution is -0.128. The van der Waals surface area contributed by atoms with Crippen LogP contribution >= 0.6 is 11.3 Å². The van der Waals surface area contributed by atoms with E-state index in [0.717, 1.165) is 31.8 Å². The average molecular weight is 343 g/mol. The molecule has 4 heterocycles. The third kappa shape index (κ3) is 2.91. The number of carbonyl (C=O) groups excluding carboxylic acids is 1. The van der Waals surface area contributed by atoms with Gasteiger partial charge in [0, 0.05) is 36.6 Å². The van der Waals surface area contributed by atoms with E-state index in [1.165, 1.54) is 4.88 Å². The van der Waals surface area contributed by atoms with Crippen molar-refractivity contribution < 1.29 is 9.53 Å². The summed E-state index contributed by atoms with van der Waals surface area (Å²) < 4.78 is 5.89. The molecular formula is C18H21N3O2S. The molecular weight excluding hydrogens is 322 g/mol. The molecule has 0 aliphatic carbocycles. The lowest BCUT2D eigenvalue weighted by Crippen LogP contribution is -2.40. The predicted molar refractivity (Wildman–Crippen MR) is 92.9 cm³/mol. The molecule has 4 rings (SSSR count). The topological polar surface area (TPSA) is 54.5 Å². The number of rotatable bonds is 5. The van der Waals surface area contributed by atoms with E-state index in [0.29, 0.717) is 13.2 Å². The highest BCUT2D eigenvalue weighted by molar-refractivity contribution is 7.09. The van der Waals surface area contributed by atoms with Crippen molar-refractivity contribution in [2.75, 3.05) is 26.2 Å². The summed E-state index contributed by atoms with van der Waals surface area (Å²) in [6.07, 6.45) is 4.36. The van der Waals surface area contributed by atoms with Gasteiger partial charge in [0.25, 0.3) is 0 Å². The van der Waals surface area contributed by atoms with E-state index in [4.69, 9.17) is 4.74 Å². The average Bonchev–Trinajstić information content (AvgIpc) is 3.32. The van der Waals surface area contributed by atoms with Crippen LogP contribution in [0.2, 0.25) is 0 Å². The van der Waals surface area contributed by atoms with E-state index in [2.05, 4.69) is 32.7 Å². The summed E-state index contributed by atoms with van der Waals surface area (Å²) in [5.41, 5.74) is -0.306. The van der Waals surface area contributed by atoms with Gasteiger partial charge in [0.05, 0.1) is 18.2 Å². The zero-order valence-corrected chi connectivity index (χ0v) is 14.3. The van der Waals surface area contributed by atoms with Crippen molar-refractivity contribution in [1.82, 2.24) is 15.2 Å². The van der Waals surface area contributed by atoms with Gasteiger partial charge in [0.15, 0.2) is 0 Å². The van der Waals surface area contributed by atoms with Crippen LogP contribution in [0.3, 0.4) is 0 Å². The van der Waals surface area contributed by atoms with Crippen LogP contribution < -0.4 is 10.1 Å². The summed E-state index contributed by atoms with van der Waals surface area (Å²) in [5, 5.41) is 5.16. The highest BCUT2D eigenvalue weighted by Crippen LogP contribution is 2.42. The van der Waals surface area contributed by atoms with Crippen LogP contribution in [0.15, 0.2) is 42.0 Å². The van der Waals surface area contributed by atoms with E-state index in [9.17, 15) is 4.79 Å². The zero-order chi connectivity index (χ0) is 16.4. The SMILES string of the molecule is O=C1NC[C@H](COc2cccnc2)[C@]12CCN(Cc1cccs1)C2. The van der Waals surface area contributed by atoms with Crippen LogP contribution in [0, 0.1) is 11.3 Å². The van der Waals surface area contributed by atoms with Gasteiger partial charge in [0.1, 0.15) is 5.75 Å². The second kappa shape index (κ2) is 6.53. The van der Waals surface area contributed by atoms with Crippen LogP contribution in [0.4, 0.5) is 0 Å². The second-order valence-electron chi connectivity index (χ2n) is 6.60. The molecule has 0 bridgehead atoms. The minimum atomic E-state index is -0.306. The highest BCUT2D eigenvalue weighted by atomic mass is 32.1. The molecule has 2 aromatic heterocycles.